The van der Waals surface area contributed by atoms with Gasteiger partial charge in [-0.15, -0.1) is 0 Å². The zero-order valence-corrected chi connectivity index (χ0v) is 13.1. The van der Waals surface area contributed by atoms with Gasteiger partial charge in [0, 0.05) is 18.1 Å². The summed E-state index contributed by atoms with van der Waals surface area (Å²) in [6, 6.07) is 6.65. The standard InChI is InChI=1S/C16H22O4S/c1-21(18,19)13-7-5-6-12(10-13)20-15-11-14(17)16(15)8-3-2-4-9-16/h5-7,10,14-15,17H,2-4,8-9,11H2,1H3. The van der Waals surface area contributed by atoms with Crippen molar-refractivity contribution >= 4 is 9.84 Å². The van der Waals surface area contributed by atoms with Gasteiger partial charge >= 0.3 is 0 Å². The fourth-order valence-electron chi connectivity index (χ4n) is 3.70. The Kier molecular flexibility index (Phi) is 3.74. The maximum absolute atomic E-state index is 11.6. The van der Waals surface area contributed by atoms with E-state index in [0.717, 1.165) is 25.7 Å². The van der Waals surface area contributed by atoms with Crippen LogP contribution in [0.3, 0.4) is 0 Å². The van der Waals surface area contributed by atoms with Crippen molar-refractivity contribution in [2.24, 2.45) is 5.41 Å². The van der Waals surface area contributed by atoms with Crippen LogP contribution in [0.1, 0.15) is 38.5 Å². The third kappa shape index (κ3) is 2.69. The quantitative estimate of drug-likeness (QED) is 0.932. The van der Waals surface area contributed by atoms with E-state index in [1.165, 1.54) is 12.7 Å². The highest BCUT2D eigenvalue weighted by Gasteiger charge is 2.56. The van der Waals surface area contributed by atoms with E-state index in [9.17, 15) is 13.5 Å². The maximum Gasteiger partial charge on any atom is 0.175 e. The lowest BCUT2D eigenvalue weighted by molar-refractivity contribution is -0.172. The van der Waals surface area contributed by atoms with Crippen LogP contribution < -0.4 is 4.74 Å². The van der Waals surface area contributed by atoms with E-state index in [1.807, 2.05) is 0 Å². The minimum Gasteiger partial charge on any atom is -0.490 e. The molecule has 2 saturated carbocycles. The second-order valence-corrected chi connectivity index (χ2v) is 8.41. The van der Waals surface area contributed by atoms with E-state index < -0.39 is 9.84 Å². The molecule has 0 aliphatic heterocycles. The predicted octanol–water partition coefficient (Wildman–Crippen LogP) is 2.55. The van der Waals surface area contributed by atoms with Gasteiger partial charge in [0.15, 0.2) is 9.84 Å². The lowest BCUT2D eigenvalue weighted by atomic mass is 9.56. The molecule has 1 aromatic rings. The molecule has 0 heterocycles. The first-order valence-corrected chi connectivity index (χ1v) is 9.46. The van der Waals surface area contributed by atoms with Gasteiger partial charge in [-0.05, 0) is 31.0 Å². The molecule has 2 atom stereocenters. The zero-order chi connectivity index (χ0) is 15.1. The second kappa shape index (κ2) is 5.29. The molecule has 3 rings (SSSR count). The summed E-state index contributed by atoms with van der Waals surface area (Å²) in [5, 5.41) is 10.2. The normalized spacial score (nSPS) is 28.1. The van der Waals surface area contributed by atoms with Crippen LogP contribution in [0, 0.1) is 5.41 Å². The molecule has 2 aliphatic carbocycles. The van der Waals surface area contributed by atoms with Crippen molar-refractivity contribution < 1.29 is 18.3 Å². The zero-order valence-electron chi connectivity index (χ0n) is 12.3. The van der Waals surface area contributed by atoms with Crippen LogP contribution in [-0.4, -0.2) is 32.0 Å². The third-order valence-electron chi connectivity index (χ3n) is 5.04. The van der Waals surface area contributed by atoms with Gasteiger partial charge in [-0.25, -0.2) is 8.42 Å². The van der Waals surface area contributed by atoms with Crippen molar-refractivity contribution in [2.75, 3.05) is 6.26 Å². The molecule has 116 valence electrons. The highest BCUT2D eigenvalue weighted by atomic mass is 32.2. The minimum absolute atomic E-state index is 0.00242. The first-order chi connectivity index (χ1) is 9.92. The van der Waals surface area contributed by atoms with E-state index in [2.05, 4.69) is 0 Å². The summed E-state index contributed by atoms with van der Waals surface area (Å²) in [5.74, 6) is 0.583. The summed E-state index contributed by atoms with van der Waals surface area (Å²) in [7, 11) is -3.22. The number of aliphatic hydroxyl groups is 1. The molecule has 1 spiro atoms. The topological polar surface area (TPSA) is 63.6 Å². The number of sulfone groups is 1. The lowest BCUT2D eigenvalue weighted by Gasteiger charge is -2.55. The summed E-state index contributed by atoms with van der Waals surface area (Å²) in [4.78, 5) is 0.276. The summed E-state index contributed by atoms with van der Waals surface area (Å²) < 4.78 is 29.2. The Hall–Kier alpha value is -1.07. The fourth-order valence-corrected chi connectivity index (χ4v) is 4.36. The Morgan fingerprint density at radius 2 is 1.95 bits per heavy atom. The highest BCUT2D eigenvalue weighted by Crippen LogP contribution is 2.53. The molecule has 4 nitrogen and oxygen atoms in total. The smallest absolute Gasteiger partial charge is 0.175 e. The molecule has 0 aromatic heterocycles. The molecule has 21 heavy (non-hydrogen) atoms. The molecule has 1 aromatic carbocycles. The van der Waals surface area contributed by atoms with Gasteiger partial charge in [-0.2, -0.15) is 0 Å². The Labute approximate surface area is 126 Å². The summed E-state index contributed by atoms with van der Waals surface area (Å²) >= 11 is 0. The van der Waals surface area contributed by atoms with Crippen molar-refractivity contribution in [3.8, 4) is 5.75 Å². The summed E-state index contributed by atoms with van der Waals surface area (Å²) in [6.45, 7) is 0. The van der Waals surface area contributed by atoms with Gasteiger partial charge in [-0.3, -0.25) is 0 Å². The Bertz CT molecular complexity index is 617. The molecule has 0 amide bonds. The Balaban J connectivity index is 1.78. The largest absolute Gasteiger partial charge is 0.490 e. The first kappa shape index (κ1) is 14.9. The molecule has 0 bridgehead atoms. The molecule has 0 radical (unpaired) electrons. The molecule has 2 aliphatic rings. The summed E-state index contributed by atoms with van der Waals surface area (Å²) in [6.07, 6.45) is 7.08. The van der Waals surface area contributed by atoms with Crippen molar-refractivity contribution in [3.63, 3.8) is 0 Å². The first-order valence-electron chi connectivity index (χ1n) is 7.57. The number of hydrogen-bond acceptors (Lipinski definition) is 4. The van der Waals surface area contributed by atoms with E-state index in [0.29, 0.717) is 12.2 Å². The maximum atomic E-state index is 11.6. The van der Waals surface area contributed by atoms with Crippen LogP contribution >= 0.6 is 0 Å². The van der Waals surface area contributed by atoms with Crippen molar-refractivity contribution in [3.05, 3.63) is 24.3 Å². The molecular formula is C16H22O4S. The fraction of sp³-hybridized carbons (Fsp3) is 0.625. The van der Waals surface area contributed by atoms with E-state index in [-0.39, 0.29) is 22.5 Å². The van der Waals surface area contributed by atoms with Crippen molar-refractivity contribution in [2.45, 2.75) is 55.6 Å². The molecular weight excluding hydrogens is 288 g/mol. The van der Waals surface area contributed by atoms with Crippen LogP contribution in [-0.2, 0) is 9.84 Å². The Morgan fingerprint density at radius 3 is 2.57 bits per heavy atom. The second-order valence-electron chi connectivity index (χ2n) is 6.40. The van der Waals surface area contributed by atoms with Crippen LogP contribution in [0.4, 0.5) is 0 Å². The lowest BCUT2D eigenvalue weighted by Crippen LogP contribution is -2.60. The minimum atomic E-state index is -3.22. The van der Waals surface area contributed by atoms with E-state index in [4.69, 9.17) is 4.74 Å². The number of ether oxygens (including phenoxy) is 1. The predicted molar refractivity (Wildman–Crippen MR) is 80.1 cm³/mol. The molecule has 0 saturated heterocycles. The third-order valence-corrected chi connectivity index (χ3v) is 6.15. The Morgan fingerprint density at radius 1 is 1.24 bits per heavy atom. The van der Waals surface area contributed by atoms with Crippen molar-refractivity contribution in [1.82, 2.24) is 0 Å². The van der Waals surface area contributed by atoms with Crippen LogP contribution in [0.25, 0.3) is 0 Å². The van der Waals surface area contributed by atoms with Crippen LogP contribution in [0.2, 0.25) is 0 Å². The average Bonchev–Trinajstić information content (AvgIpc) is 2.47. The van der Waals surface area contributed by atoms with Gasteiger partial charge in [-0.1, -0.05) is 25.3 Å². The van der Waals surface area contributed by atoms with Crippen LogP contribution in [0.5, 0.6) is 5.75 Å². The highest BCUT2D eigenvalue weighted by molar-refractivity contribution is 7.90. The SMILES string of the molecule is CS(=O)(=O)c1cccc(OC2CC(O)C23CCCCC3)c1. The van der Waals surface area contributed by atoms with Gasteiger partial charge in [0.05, 0.1) is 11.0 Å². The molecule has 1 N–H and O–H groups in total. The van der Waals surface area contributed by atoms with Crippen molar-refractivity contribution in [1.29, 1.82) is 0 Å². The summed E-state index contributed by atoms with van der Waals surface area (Å²) in [5.41, 5.74) is -0.112. The van der Waals surface area contributed by atoms with E-state index in [1.54, 1.807) is 24.3 Å². The molecule has 2 unspecified atom stereocenters. The number of benzene rings is 1. The number of aliphatic hydroxyl groups excluding tert-OH is 1. The van der Waals surface area contributed by atoms with Gasteiger partial charge in [0.1, 0.15) is 11.9 Å². The van der Waals surface area contributed by atoms with E-state index >= 15 is 0 Å². The van der Waals surface area contributed by atoms with Gasteiger partial charge in [0.25, 0.3) is 0 Å². The monoisotopic (exact) mass is 310 g/mol. The average molecular weight is 310 g/mol. The molecule has 2 fully saturated rings. The van der Waals surface area contributed by atoms with Gasteiger partial charge < -0.3 is 9.84 Å². The van der Waals surface area contributed by atoms with Gasteiger partial charge in [0.2, 0.25) is 0 Å². The van der Waals surface area contributed by atoms with Crippen LogP contribution in [0.15, 0.2) is 29.2 Å². The number of hydrogen-bond donors (Lipinski definition) is 1. The molecule has 5 heteroatoms. The number of rotatable bonds is 3.